The molecule has 0 aliphatic carbocycles. The number of nitrogens with two attached hydrogens (primary N) is 1. The molecule has 2 nitrogen and oxygen atoms in total. The van der Waals surface area contributed by atoms with E-state index in [2.05, 4.69) is 0 Å². The van der Waals surface area contributed by atoms with Crippen molar-refractivity contribution in [1.29, 1.82) is 0 Å². The van der Waals surface area contributed by atoms with Gasteiger partial charge in [0.05, 0.1) is 7.11 Å². The second-order valence-corrected chi connectivity index (χ2v) is 3.86. The van der Waals surface area contributed by atoms with Gasteiger partial charge in [0.2, 0.25) is 0 Å². The highest BCUT2D eigenvalue weighted by molar-refractivity contribution is 5.65. The van der Waals surface area contributed by atoms with Crippen LogP contribution in [0.5, 0.6) is 5.75 Å². The van der Waals surface area contributed by atoms with E-state index in [4.69, 9.17) is 10.5 Å². The minimum absolute atomic E-state index is 0.0808. The van der Waals surface area contributed by atoms with Crippen molar-refractivity contribution >= 4 is 0 Å². The van der Waals surface area contributed by atoms with Crippen molar-refractivity contribution in [3.05, 3.63) is 53.6 Å². The van der Waals surface area contributed by atoms with Gasteiger partial charge >= 0.3 is 0 Å². The second-order valence-electron chi connectivity index (χ2n) is 3.86. The highest BCUT2D eigenvalue weighted by atomic mass is 19.1. The molecule has 0 fully saturated rings. The quantitative estimate of drug-likeness (QED) is 0.907. The van der Waals surface area contributed by atoms with Gasteiger partial charge in [-0.25, -0.2) is 8.78 Å². The fourth-order valence-electron chi connectivity index (χ4n) is 1.76. The first-order chi connectivity index (χ1) is 8.65. The van der Waals surface area contributed by atoms with E-state index in [0.29, 0.717) is 22.4 Å². The summed E-state index contributed by atoms with van der Waals surface area (Å²) in [6, 6.07) is 8.92. The van der Waals surface area contributed by atoms with Crippen LogP contribution in [-0.2, 0) is 6.54 Å². The molecular formula is C14H13F2NO. The molecule has 94 valence electrons. The Morgan fingerprint density at radius 3 is 2.44 bits per heavy atom. The third kappa shape index (κ3) is 2.33. The average Bonchev–Trinajstić information content (AvgIpc) is 2.39. The van der Waals surface area contributed by atoms with Gasteiger partial charge in [0.25, 0.3) is 0 Å². The fourth-order valence-corrected chi connectivity index (χ4v) is 1.76. The van der Waals surface area contributed by atoms with Gasteiger partial charge in [-0.3, -0.25) is 0 Å². The number of hydrogen-bond donors (Lipinski definition) is 1. The van der Waals surface area contributed by atoms with E-state index in [1.165, 1.54) is 25.3 Å². The van der Waals surface area contributed by atoms with Gasteiger partial charge in [-0.2, -0.15) is 0 Å². The Bertz CT molecular complexity index is 570. The fraction of sp³-hybridized carbons (Fsp3) is 0.143. The van der Waals surface area contributed by atoms with Gasteiger partial charge in [-0.15, -0.1) is 0 Å². The van der Waals surface area contributed by atoms with E-state index in [1.807, 2.05) is 0 Å². The number of halogens is 2. The van der Waals surface area contributed by atoms with Crippen molar-refractivity contribution in [2.75, 3.05) is 7.11 Å². The van der Waals surface area contributed by atoms with E-state index >= 15 is 0 Å². The molecule has 0 aliphatic heterocycles. The molecule has 18 heavy (non-hydrogen) atoms. The topological polar surface area (TPSA) is 35.2 Å². The zero-order chi connectivity index (χ0) is 13.1. The van der Waals surface area contributed by atoms with Crippen molar-refractivity contribution < 1.29 is 13.5 Å². The van der Waals surface area contributed by atoms with E-state index in [0.717, 1.165) is 0 Å². The van der Waals surface area contributed by atoms with Crippen LogP contribution in [-0.4, -0.2) is 7.11 Å². The lowest BCUT2D eigenvalue weighted by atomic mass is 10.0. The lowest BCUT2D eigenvalue weighted by molar-refractivity contribution is 0.411. The maximum atomic E-state index is 13.9. The van der Waals surface area contributed by atoms with Gasteiger partial charge in [0.1, 0.15) is 17.4 Å². The van der Waals surface area contributed by atoms with E-state index in [-0.39, 0.29) is 12.4 Å². The Morgan fingerprint density at radius 1 is 1.06 bits per heavy atom. The average molecular weight is 249 g/mol. The van der Waals surface area contributed by atoms with Crippen LogP contribution in [0.4, 0.5) is 8.78 Å². The Labute approximate surface area is 104 Å². The van der Waals surface area contributed by atoms with E-state index in [1.54, 1.807) is 18.2 Å². The summed E-state index contributed by atoms with van der Waals surface area (Å²) >= 11 is 0. The third-order valence-electron chi connectivity index (χ3n) is 2.75. The molecule has 0 radical (unpaired) electrons. The first-order valence-corrected chi connectivity index (χ1v) is 5.48. The molecule has 0 saturated heterocycles. The van der Waals surface area contributed by atoms with Gasteiger partial charge in [0.15, 0.2) is 0 Å². The van der Waals surface area contributed by atoms with Gasteiger partial charge in [-0.05, 0) is 29.8 Å². The first-order valence-electron chi connectivity index (χ1n) is 5.48. The van der Waals surface area contributed by atoms with Crippen LogP contribution < -0.4 is 10.5 Å². The smallest absolute Gasteiger partial charge is 0.134 e. The minimum atomic E-state index is -0.413. The third-order valence-corrected chi connectivity index (χ3v) is 2.75. The van der Waals surface area contributed by atoms with Crippen molar-refractivity contribution in [3.8, 4) is 16.9 Å². The summed E-state index contributed by atoms with van der Waals surface area (Å²) in [6.45, 7) is 0.0808. The van der Waals surface area contributed by atoms with E-state index < -0.39 is 5.82 Å². The molecule has 0 heterocycles. The molecule has 0 aromatic heterocycles. The number of methoxy groups -OCH3 is 1. The van der Waals surface area contributed by atoms with Gasteiger partial charge in [0, 0.05) is 23.7 Å². The molecule has 2 rings (SSSR count). The SMILES string of the molecule is COc1ccc(-c2ccc(F)c(CN)c2)c(F)c1. The summed E-state index contributed by atoms with van der Waals surface area (Å²) in [5.74, 6) is -0.350. The molecule has 0 bridgehead atoms. The molecule has 0 amide bonds. The summed E-state index contributed by atoms with van der Waals surface area (Å²) in [4.78, 5) is 0. The standard InChI is InChI=1S/C14H13F2NO/c1-18-11-3-4-12(14(16)7-11)9-2-5-13(15)10(6-9)8-17/h2-7H,8,17H2,1H3. The Morgan fingerprint density at radius 2 is 1.83 bits per heavy atom. The van der Waals surface area contributed by atoms with Crippen molar-refractivity contribution in [2.24, 2.45) is 5.73 Å². The maximum Gasteiger partial charge on any atom is 0.134 e. The Kier molecular flexibility index (Phi) is 3.58. The zero-order valence-electron chi connectivity index (χ0n) is 9.91. The molecular weight excluding hydrogens is 236 g/mol. The van der Waals surface area contributed by atoms with Crippen LogP contribution in [0.2, 0.25) is 0 Å². The van der Waals surface area contributed by atoms with Gasteiger partial charge in [-0.1, -0.05) is 6.07 Å². The molecule has 0 aliphatic rings. The molecule has 2 N–H and O–H groups in total. The zero-order valence-corrected chi connectivity index (χ0v) is 9.91. The van der Waals surface area contributed by atoms with Gasteiger partial charge < -0.3 is 10.5 Å². The molecule has 2 aromatic rings. The summed E-state index contributed by atoms with van der Waals surface area (Å²) in [7, 11) is 1.47. The first kappa shape index (κ1) is 12.5. The van der Waals surface area contributed by atoms with Crippen LogP contribution >= 0.6 is 0 Å². The second kappa shape index (κ2) is 5.14. The molecule has 0 atom stereocenters. The summed E-state index contributed by atoms with van der Waals surface area (Å²) in [5, 5.41) is 0. The van der Waals surface area contributed by atoms with Crippen LogP contribution in [0.1, 0.15) is 5.56 Å². The summed E-state index contributed by atoms with van der Waals surface area (Å²) in [5.41, 5.74) is 6.78. The molecule has 4 heteroatoms. The van der Waals surface area contributed by atoms with Crippen molar-refractivity contribution in [1.82, 2.24) is 0 Å². The van der Waals surface area contributed by atoms with Crippen LogP contribution in [0, 0.1) is 11.6 Å². The largest absolute Gasteiger partial charge is 0.497 e. The number of hydrogen-bond acceptors (Lipinski definition) is 2. The number of benzene rings is 2. The van der Waals surface area contributed by atoms with Crippen LogP contribution in [0.25, 0.3) is 11.1 Å². The number of rotatable bonds is 3. The monoisotopic (exact) mass is 249 g/mol. The lowest BCUT2D eigenvalue weighted by Crippen LogP contribution is -2.00. The predicted octanol–water partition coefficient (Wildman–Crippen LogP) is 3.10. The lowest BCUT2D eigenvalue weighted by Gasteiger charge is -2.08. The highest BCUT2D eigenvalue weighted by Gasteiger charge is 2.09. The van der Waals surface area contributed by atoms with Crippen molar-refractivity contribution in [3.63, 3.8) is 0 Å². The minimum Gasteiger partial charge on any atom is -0.497 e. The normalized spacial score (nSPS) is 10.4. The number of ether oxygens (including phenoxy) is 1. The van der Waals surface area contributed by atoms with E-state index in [9.17, 15) is 8.78 Å². The molecule has 0 spiro atoms. The van der Waals surface area contributed by atoms with Crippen molar-refractivity contribution in [2.45, 2.75) is 6.54 Å². The predicted molar refractivity (Wildman–Crippen MR) is 66.2 cm³/mol. The molecule has 0 saturated carbocycles. The Hall–Kier alpha value is -1.94. The summed E-state index contributed by atoms with van der Waals surface area (Å²) < 4.78 is 32.1. The summed E-state index contributed by atoms with van der Waals surface area (Å²) in [6.07, 6.45) is 0. The van der Waals surface area contributed by atoms with Crippen LogP contribution in [0.3, 0.4) is 0 Å². The molecule has 0 unspecified atom stereocenters. The highest BCUT2D eigenvalue weighted by Crippen LogP contribution is 2.27. The van der Waals surface area contributed by atoms with Crippen LogP contribution in [0.15, 0.2) is 36.4 Å². The molecule has 2 aromatic carbocycles. The Balaban J connectivity index is 2.48. The maximum absolute atomic E-state index is 13.9.